The van der Waals surface area contributed by atoms with Crippen LogP contribution in [-0.4, -0.2) is 69.6 Å². The van der Waals surface area contributed by atoms with Crippen LogP contribution in [0.2, 0.25) is 0 Å². The highest BCUT2D eigenvalue weighted by Crippen LogP contribution is 2.43. The molecule has 0 fully saturated rings. The molecule has 0 spiro atoms. The number of imidazole rings is 1. The molecule has 1 unspecified atom stereocenters. The van der Waals surface area contributed by atoms with Gasteiger partial charge in [-0.3, -0.25) is 13.9 Å². The summed E-state index contributed by atoms with van der Waals surface area (Å²) in [6.45, 7) is 12.5. The molecular weight excluding hydrogens is 531 g/mol. The summed E-state index contributed by atoms with van der Waals surface area (Å²) in [4.78, 5) is 36.7. The fourth-order valence-electron chi connectivity index (χ4n) is 3.57. The van der Waals surface area contributed by atoms with Gasteiger partial charge in [0.05, 0.1) is 31.7 Å². The van der Waals surface area contributed by atoms with E-state index in [1.54, 1.807) is 31.7 Å². The van der Waals surface area contributed by atoms with Gasteiger partial charge in [0.15, 0.2) is 11.5 Å². The molecule has 0 amide bonds. The third kappa shape index (κ3) is 10.7. The normalized spacial score (nSPS) is 15.1. The maximum Gasteiger partial charge on any atom is 0.510 e. The van der Waals surface area contributed by atoms with Crippen LogP contribution in [0.15, 0.2) is 12.7 Å². The number of hydrogen-bond acceptors (Lipinski definition) is 12. The second-order valence-corrected chi connectivity index (χ2v) is 12.4. The summed E-state index contributed by atoms with van der Waals surface area (Å²) in [5.41, 5.74) is 6.63. The van der Waals surface area contributed by atoms with Gasteiger partial charge in [-0.1, -0.05) is 27.2 Å². The number of rotatable bonds is 16. The third-order valence-electron chi connectivity index (χ3n) is 5.46. The number of nitrogens with one attached hydrogen (secondary N) is 1. The summed E-state index contributed by atoms with van der Waals surface area (Å²) in [7, 11) is -3.87. The topological polar surface area (TPSA) is 179 Å². The van der Waals surface area contributed by atoms with Gasteiger partial charge < -0.3 is 29.2 Å². The number of nitrogen functional groups attached to an aromatic ring is 1. The van der Waals surface area contributed by atoms with Gasteiger partial charge >= 0.3 is 12.1 Å². The molecule has 3 N–H and O–H groups in total. The second kappa shape index (κ2) is 14.5. The van der Waals surface area contributed by atoms with Gasteiger partial charge in [0.25, 0.3) is 7.52 Å². The summed E-state index contributed by atoms with van der Waals surface area (Å²) in [5.74, 6) is -0.345. The Morgan fingerprint density at radius 3 is 2.54 bits per heavy atom. The Labute approximate surface area is 228 Å². The van der Waals surface area contributed by atoms with Crippen molar-refractivity contribution in [1.29, 1.82) is 0 Å². The molecule has 0 aromatic carbocycles. The van der Waals surface area contributed by atoms with Crippen LogP contribution in [0.3, 0.4) is 0 Å². The highest BCUT2D eigenvalue weighted by atomic mass is 31.2. The zero-order chi connectivity index (χ0) is 29.2. The maximum absolute atomic E-state index is 13.6. The van der Waals surface area contributed by atoms with Gasteiger partial charge in [-0.2, -0.15) is 0 Å². The van der Waals surface area contributed by atoms with Crippen LogP contribution < -0.4 is 10.8 Å². The van der Waals surface area contributed by atoms with Crippen LogP contribution in [0, 0.1) is 5.41 Å². The molecule has 0 aliphatic heterocycles. The summed E-state index contributed by atoms with van der Waals surface area (Å²) in [6.07, 6.45) is 2.41. The van der Waals surface area contributed by atoms with E-state index in [-0.39, 0.29) is 17.8 Å². The van der Waals surface area contributed by atoms with Crippen LogP contribution in [0.5, 0.6) is 0 Å². The summed E-state index contributed by atoms with van der Waals surface area (Å²) in [6, 6.07) is -0.993. The number of fused-ring (bicyclic) bond motifs is 1. The molecule has 220 valence electrons. The summed E-state index contributed by atoms with van der Waals surface area (Å²) in [5, 5.41) is 2.67. The van der Waals surface area contributed by atoms with Crippen molar-refractivity contribution >= 4 is 36.6 Å². The molecule has 15 heteroatoms. The van der Waals surface area contributed by atoms with Crippen molar-refractivity contribution in [3.63, 3.8) is 0 Å². The smallest absolute Gasteiger partial charge is 0.464 e. The number of carbonyl (C=O) groups excluding carboxylic acids is 2. The molecule has 3 atom stereocenters. The first-order valence-corrected chi connectivity index (χ1v) is 14.6. The fraction of sp³-hybridized carbons (Fsp3) is 0.708. The average Bonchev–Trinajstić information content (AvgIpc) is 3.24. The number of ether oxygens (including phenoxy) is 4. The number of nitrogens with zero attached hydrogens (tertiary/aromatic N) is 4. The lowest BCUT2D eigenvalue weighted by Crippen LogP contribution is -2.37. The van der Waals surface area contributed by atoms with Crippen molar-refractivity contribution in [2.24, 2.45) is 5.41 Å². The van der Waals surface area contributed by atoms with E-state index in [0.29, 0.717) is 17.7 Å². The number of anilines is 1. The molecule has 14 nitrogen and oxygen atoms in total. The van der Waals surface area contributed by atoms with Crippen LogP contribution in [-0.2, 0) is 39.4 Å². The fourth-order valence-corrected chi connectivity index (χ4v) is 5.17. The Morgan fingerprint density at radius 2 is 1.87 bits per heavy atom. The Bertz CT molecular complexity index is 1140. The Kier molecular flexibility index (Phi) is 12.1. The van der Waals surface area contributed by atoms with E-state index in [1.807, 2.05) is 13.8 Å². The molecule has 2 heterocycles. The van der Waals surface area contributed by atoms with Crippen molar-refractivity contribution in [3.8, 4) is 0 Å². The van der Waals surface area contributed by atoms with E-state index in [9.17, 15) is 14.2 Å². The minimum Gasteiger partial charge on any atom is -0.464 e. The van der Waals surface area contributed by atoms with Gasteiger partial charge in [-0.15, -0.1) is 0 Å². The molecule has 0 saturated heterocycles. The van der Waals surface area contributed by atoms with E-state index in [2.05, 4.69) is 27.0 Å². The van der Waals surface area contributed by atoms with Crippen molar-refractivity contribution in [2.45, 2.75) is 86.1 Å². The van der Waals surface area contributed by atoms with Crippen molar-refractivity contribution < 1.29 is 37.6 Å². The van der Waals surface area contributed by atoms with E-state index in [4.69, 9.17) is 29.2 Å². The first-order valence-electron chi connectivity index (χ1n) is 12.8. The van der Waals surface area contributed by atoms with Crippen LogP contribution in [0.4, 0.5) is 10.6 Å². The van der Waals surface area contributed by atoms with Crippen molar-refractivity contribution in [1.82, 2.24) is 24.6 Å². The van der Waals surface area contributed by atoms with E-state index >= 15 is 0 Å². The maximum atomic E-state index is 13.6. The second-order valence-electron chi connectivity index (χ2n) is 10.3. The third-order valence-corrected chi connectivity index (χ3v) is 7.25. The van der Waals surface area contributed by atoms with Crippen LogP contribution in [0.1, 0.15) is 61.3 Å². The number of aromatic nitrogens is 4. The lowest BCUT2D eigenvalue weighted by molar-refractivity contribution is -0.148. The first-order chi connectivity index (χ1) is 18.2. The van der Waals surface area contributed by atoms with E-state index in [0.717, 1.165) is 12.8 Å². The van der Waals surface area contributed by atoms with Gasteiger partial charge in [0, 0.05) is 0 Å². The van der Waals surface area contributed by atoms with Crippen LogP contribution in [0.25, 0.3) is 11.2 Å². The predicted molar refractivity (Wildman–Crippen MR) is 144 cm³/mol. The molecule has 39 heavy (non-hydrogen) atoms. The van der Waals surface area contributed by atoms with Gasteiger partial charge in [0.2, 0.25) is 6.79 Å². The quantitative estimate of drug-likeness (QED) is 0.168. The van der Waals surface area contributed by atoms with Crippen molar-refractivity contribution in [3.05, 3.63) is 12.7 Å². The molecule has 0 aliphatic carbocycles. The zero-order valence-corrected chi connectivity index (χ0v) is 24.6. The highest BCUT2D eigenvalue weighted by Gasteiger charge is 2.32. The first kappa shape index (κ1) is 32.4. The lowest BCUT2D eigenvalue weighted by atomic mass is 9.89. The summed E-state index contributed by atoms with van der Waals surface area (Å²) < 4.78 is 41.8. The molecule has 0 bridgehead atoms. The minimum absolute atomic E-state index is 0.194. The highest BCUT2D eigenvalue weighted by molar-refractivity contribution is 7.56. The van der Waals surface area contributed by atoms with E-state index in [1.165, 1.54) is 13.3 Å². The molecule has 2 aromatic rings. The molecular formula is C24H41N6O8P. The minimum atomic E-state index is -3.87. The lowest BCUT2D eigenvalue weighted by Gasteiger charge is -2.26. The number of nitrogens with two attached hydrogens (primary N) is 1. The SMILES string of the molecule is CCCC(C)(C)COC(=O)[C@H](C)NP(=O)(CO[C@H](C)Cn1cnc2c(N)ncnc21)OCOC(=O)OC(C)C. The number of carbonyl (C=O) groups is 2. The van der Waals surface area contributed by atoms with Gasteiger partial charge in [-0.05, 0) is 39.5 Å². The van der Waals surface area contributed by atoms with Gasteiger partial charge in [-0.25, -0.2) is 24.8 Å². The summed E-state index contributed by atoms with van der Waals surface area (Å²) >= 11 is 0. The van der Waals surface area contributed by atoms with E-state index < -0.39 is 51.0 Å². The standard InChI is InChI=1S/C24H41N6O8P/c1-8-9-24(6,7)11-34-22(31)18(5)29-39(33,37-14-35-23(32)38-16(2)3)15-36-17(4)10-30-13-28-19-20(25)26-12-27-21(19)30/h12-13,16-18H,8-11,14-15H2,1-7H3,(H,29,33)(H2,25,26,27)/t17-,18+,39?/m1/s1. The average molecular weight is 573 g/mol. The Hall–Kier alpha value is -2.80. The molecule has 0 saturated carbocycles. The Balaban J connectivity index is 2.04. The molecule has 0 radical (unpaired) electrons. The van der Waals surface area contributed by atoms with Crippen molar-refractivity contribution in [2.75, 3.05) is 25.5 Å². The molecule has 2 rings (SSSR count). The molecule has 2 aromatic heterocycles. The zero-order valence-electron chi connectivity index (χ0n) is 23.7. The number of hydrogen-bond donors (Lipinski definition) is 2. The largest absolute Gasteiger partial charge is 0.510 e. The monoisotopic (exact) mass is 572 g/mol. The Morgan fingerprint density at radius 1 is 1.15 bits per heavy atom. The molecule has 0 aliphatic rings. The number of esters is 1. The predicted octanol–water partition coefficient (Wildman–Crippen LogP) is 3.85. The van der Waals surface area contributed by atoms with Crippen LogP contribution >= 0.6 is 7.52 Å². The van der Waals surface area contributed by atoms with Gasteiger partial charge in [0.1, 0.15) is 24.2 Å².